The van der Waals surface area contributed by atoms with Crippen LogP contribution in [0.25, 0.3) is 0 Å². The third-order valence-corrected chi connectivity index (χ3v) is 8.20. The van der Waals surface area contributed by atoms with Crippen LogP contribution in [-0.2, 0) is 0 Å². The lowest BCUT2D eigenvalue weighted by Gasteiger charge is -2.34. The summed E-state index contributed by atoms with van der Waals surface area (Å²) >= 11 is 1.64. The van der Waals surface area contributed by atoms with Gasteiger partial charge in [-0.1, -0.05) is 38.1 Å². The molecule has 2 N–H and O–H groups in total. The van der Waals surface area contributed by atoms with Crippen molar-refractivity contribution in [2.45, 2.75) is 30.1 Å². The van der Waals surface area contributed by atoms with E-state index in [-0.39, 0.29) is 35.3 Å². The number of fused-ring (bicyclic) bond motifs is 1. The molecule has 2 aliphatic heterocycles. The summed E-state index contributed by atoms with van der Waals surface area (Å²) in [6, 6.07) is 20.6. The van der Waals surface area contributed by atoms with Crippen LogP contribution in [0.2, 0.25) is 0 Å². The first-order chi connectivity index (χ1) is 16.5. The highest BCUT2D eigenvalue weighted by Gasteiger charge is 2.34. The Labute approximate surface area is 217 Å². The van der Waals surface area contributed by atoms with Crippen LogP contribution in [0.1, 0.15) is 36.3 Å². The number of halogens is 1. The molecule has 5 nitrogen and oxygen atoms in total. The first kappa shape index (κ1) is 25.5. The second-order valence-electron chi connectivity index (χ2n) is 9.43. The van der Waals surface area contributed by atoms with E-state index >= 15 is 0 Å². The van der Waals surface area contributed by atoms with Crippen LogP contribution in [0, 0.1) is 11.8 Å². The van der Waals surface area contributed by atoms with Crippen LogP contribution in [0.4, 0.5) is 0 Å². The molecule has 3 aromatic carbocycles. The van der Waals surface area contributed by atoms with Crippen molar-refractivity contribution < 1.29 is 19.7 Å². The van der Waals surface area contributed by atoms with Gasteiger partial charge in [0.25, 0.3) is 0 Å². The first-order valence-electron chi connectivity index (χ1n) is 11.9. The van der Waals surface area contributed by atoms with Gasteiger partial charge in [-0.3, -0.25) is 4.90 Å². The Bertz CT molecular complexity index is 1130. The van der Waals surface area contributed by atoms with E-state index in [9.17, 15) is 10.2 Å². The second kappa shape index (κ2) is 11.0. The monoisotopic (exact) mass is 513 g/mol. The highest BCUT2D eigenvalue weighted by Crippen LogP contribution is 2.54. The lowest BCUT2D eigenvalue weighted by atomic mass is 10.00. The minimum atomic E-state index is -0.245. The SMILES string of the molecule is C[C@@H]1CN(CCOc2ccc([C@@H]3Oc4ccc(O)cc4S[C@@H]3c3cccc(O)c3)cc2)C[C@@H]1C.Cl. The van der Waals surface area contributed by atoms with Gasteiger partial charge in [0.15, 0.2) is 0 Å². The van der Waals surface area contributed by atoms with Crippen LogP contribution in [0.5, 0.6) is 23.0 Å². The maximum Gasteiger partial charge on any atom is 0.140 e. The van der Waals surface area contributed by atoms with Crippen LogP contribution < -0.4 is 9.47 Å². The number of nitrogens with zero attached hydrogens (tertiary/aromatic N) is 1. The summed E-state index contributed by atoms with van der Waals surface area (Å²) < 4.78 is 12.5. The van der Waals surface area contributed by atoms with Crippen molar-refractivity contribution in [2.75, 3.05) is 26.2 Å². The smallest absolute Gasteiger partial charge is 0.140 e. The number of hydrogen-bond donors (Lipinski definition) is 2. The van der Waals surface area contributed by atoms with Crippen LogP contribution >= 0.6 is 24.2 Å². The average Bonchev–Trinajstić information content (AvgIpc) is 3.15. The average molecular weight is 514 g/mol. The number of phenols is 2. The molecule has 3 aromatic rings. The van der Waals surface area contributed by atoms with E-state index in [0.717, 1.165) is 59.0 Å². The molecule has 0 spiro atoms. The lowest BCUT2D eigenvalue weighted by molar-refractivity contribution is 0.190. The summed E-state index contributed by atoms with van der Waals surface area (Å²) in [6.45, 7) is 8.56. The van der Waals surface area contributed by atoms with Gasteiger partial charge in [0.1, 0.15) is 35.7 Å². The predicted octanol–water partition coefficient (Wildman–Crippen LogP) is 6.45. The van der Waals surface area contributed by atoms with Gasteiger partial charge in [0.05, 0.1) is 10.1 Å². The fraction of sp³-hybridized carbons (Fsp3) is 0.357. The summed E-state index contributed by atoms with van der Waals surface area (Å²) in [4.78, 5) is 3.36. The molecule has 7 heteroatoms. The summed E-state index contributed by atoms with van der Waals surface area (Å²) in [7, 11) is 0. The van der Waals surface area contributed by atoms with E-state index in [1.54, 1.807) is 42.1 Å². The first-order valence-corrected chi connectivity index (χ1v) is 12.7. The number of ether oxygens (including phenoxy) is 2. The molecule has 2 aliphatic rings. The molecular weight excluding hydrogens is 482 g/mol. The summed E-state index contributed by atoms with van der Waals surface area (Å²) in [5.41, 5.74) is 2.01. The Hall–Kier alpha value is -2.54. The van der Waals surface area contributed by atoms with Crippen molar-refractivity contribution >= 4 is 24.2 Å². The zero-order chi connectivity index (χ0) is 23.7. The van der Waals surface area contributed by atoms with E-state index in [1.165, 1.54) is 0 Å². The number of aromatic hydroxyl groups is 2. The molecule has 1 fully saturated rings. The van der Waals surface area contributed by atoms with E-state index in [1.807, 2.05) is 24.3 Å². The molecule has 0 aromatic heterocycles. The fourth-order valence-corrected chi connectivity index (χ4v) is 6.06. The zero-order valence-corrected chi connectivity index (χ0v) is 21.6. The Balaban J connectivity index is 0.00000289. The number of phenolic OH excluding ortho intramolecular Hbond substituents is 2. The van der Waals surface area contributed by atoms with Crippen LogP contribution in [0.3, 0.4) is 0 Å². The van der Waals surface area contributed by atoms with Crippen molar-refractivity contribution in [1.82, 2.24) is 4.90 Å². The summed E-state index contributed by atoms with van der Waals surface area (Å²) in [5.74, 6) is 3.54. The quantitative estimate of drug-likeness (QED) is 0.395. The number of benzene rings is 3. The molecule has 0 unspecified atom stereocenters. The van der Waals surface area contributed by atoms with Gasteiger partial charge in [-0.2, -0.15) is 0 Å². The van der Waals surface area contributed by atoms with Gasteiger partial charge in [0, 0.05) is 19.6 Å². The lowest BCUT2D eigenvalue weighted by Crippen LogP contribution is -2.26. The maximum atomic E-state index is 10.1. The number of hydrogen-bond acceptors (Lipinski definition) is 6. The predicted molar refractivity (Wildman–Crippen MR) is 142 cm³/mol. The Kier molecular flexibility index (Phi) is 8.05. The standard InChI is InChI=1S/C28H31NO4S.ClH/c1-18-16-29(17-19(18)2)12-13-32-24-9-6-20(7-10-24)27-28(21-4-3-5-22(30)14-21)34-26-15-23(31)8-11-25(26)33-27;/h3-11,14-15,18-19,27-28,30-31H,12-13,16-17H2,1-2H3;1H/t18-,19+,27-,28+;/m0./s1. The maximum absolute atomic E-state index is 10.1. The topological polar surface area (TPSA) is 62.2 Å². The molecule has 5 rings (SSSR count). The van der Waals surface area contributed by atoms with Crippen LogP contribution in [-0.4, -0.2) is 41.4 Å². The van der Waals surface area contributed by atoms with Crippen molar-refractivity contribution in [3.63, 3.8) is 0 Å². The minimum absolute atomic E-state index is 0. The number of thioether (sulfide) groups is 1. The summed E-state index contributed by atoms with van der Waals surface area (Å²) in [6.07, 6.45) is -0.245. The molecule has 0 bridgehead atoms. The van der Waals surface area contributed by atoms with Crippen molar-refractivity contribution in [2.24, 2.45) is 11.8 Å². The van der Waals surface area contributed by atoms with Crippen LogP contribution in [0.15, 0.2) is 71.6 Å². The molecule has 186 valence electrons. The molecular formula is C28H32ClNO4S. The van der Waals surface area contributed by atoms with E-state index in [2.05, 4.69) is 30.9 Å². The minimum Gasteiger partial charge on any atom is -0.508 e. The third kappa shape index (κ3) is 5.83. The van der Waals surface area contributed by atoms with E-state index < -0.39 is 0 Å². The molecule has 0 amide bonds. The normalized spacial score (nSPS) is 23.7. The van der Waals surface area contributed by atoms with Gasteiger partial charge in [-0.25, -0.2) is 0 Å². The zero-order valence-electron chi connectivity index (χ0n) is 20.0. The molecule has 0 radical (unpaired) electrons. The molecule has 4 atom stereocenters. The molecule has 2 heterocycles. The third-order valence-electron chi connectivity index (χ3n) is 6.86. The summed E-state index contributed by atoms with van der Waals surface area (Å²) in [5, 5.41) is 19.9. The Morgan fingerprint density at radius 1 is 0.914 bits per heavy atom. The van der Waals surface area contributed by atoms with Gasteiger partial charge >= 0.3 is 0 Å². The second-order valence-corrected chi connectivity index (χ2v) is 10.6. The van der Waals surface area contributed by atoms with Gasteiger partial charge < -0.3 is 19.7 Å². The van der Waals surface area contributed by atoms with Gasteiger partial charge in [0.2, 0.25) is 0 Å². The molecule has 1 saturated heterocycles. The van der Waals surface area contributed by atoms with Crippen molar-refractivity contribution in [3.05, 3.63) is 77.9 Å². The fourth-order valence-electron chi connectivity index (χ4n) is 4.75. The molecule has 0 aliphatic carbocycles. The number of rotatable bonds is 6. The number of likely N-dealkylation sites (tertiary alicyclic amines) is 1. The van der Waals surface area contributed by atoms with E-state index in [0.29, 0.717) is 6.61 Å². The Morgan fingerprint density at radius 2 is 1.63 bits per heavy atom. The molecule has 35 heavy (non-hydrogen) atoms. The highest BCUT2D eigenvalue weighted by atomic mass is 35.5. The van der Waals surface area contributed by atoms with Crippen molar-refractivity contribution in [3.8, 4) is 23.0 Å². The Morgan fingerprint density at radius 3 is 2.34 bits per heavy atom. The largest absolute Gasteiger partial charge is 0.508 e. The van der Waals surface area contributed by atoms with Gasteiger partial charge in [-0.15, -0.1) is 24.2 Å². The van der Waals surface area contributed by atoms with E-state index in [4.69, 9.17) is 9.47 Å². The van der Waals surface area contributed by atoms with Crippen molar-refractivity contribution in [1.29, 1.82) is 0 Å². The van der Waals surface area contributed by atoms with Gasteiger partial charge in [-0.05, 0) is 65.4 Å². The molecule has 0 saturated carbocycles. The highest BCUT2D eigenvalue weighted by molar-refractivity contribution is 7.99.